The van der Waals surface area contributed by atoms with E-state index in [-0.39, 0.29) is 17.6 Å². The van der Waals surface area contributed by atoms with Gasteiger partial charge in [-0.05, 0) is 24.7 Å². The highest BCUT2D eigenvalue weighted by atomic mass is 19.1. The summed E-state index contributed by atoms with van der Waals surface area (Å²) in [6, 6.07) is 4.94. The molecule has 2 rings (SSSR count). The Morgan fingerprint density at radius 3 is 2.79 bits per heavy atom. The minimum absolute atomic E-state index is 0.0166. The van der Waals surface area contributed by atoms with Crippen LogP contribution in [0.3, 0.4) is 0 Å². The molecule has 5 nitrogen and oxygen atoms in total. The number of hydrogen-bond acceptors (Lipinski definition) is 4. The average Bonchev–Trinajstić information content (AvgIpc) is 2.81. The topological polar surface area (TPSA) is 52.0 Å². The van der Waals surface area contributed by atoms with E-state index in [0.29, 0.717) is 6.42 Å². The third-order valence-electron chi connectivity index (χ3n) is 2.99. The van der Waals surface area contributed by atoms with Crippen molar-refractivity contribution in [2.75, 3.05) is 14.2 Å². The third kappa shape index (κ3) is 3.08. The number of ether oxygens (including phenoxy) is 1. The fourth-order valence-corrected chi connectivity index (χ4v) is 1.98. The van der Waals surface area contributed by atoms with Gasteiger partial charge in [-0.15, -0.1) is 5.10 Å². The van der Waals surface area contributed by atoms with E-state index in [0.717, 1.165) is 11.3 Å². The second-order valence-corrected chi connectivity index (χ2v) is 4.32. The number of nitrogens with one attached hydrogen (secondary N) is 1. The number of benzene rings is 1. The van der Waals surface area contributed by atoms with Crippen molar-refractivity contribution in [1.82, 2.24) is 20.3 Å². The van der Waals surface area contributed by atoms with E-state index in [2.05, 4.69) is 15.6 Å². The maximum absolute atomic E-state index is 13.7. The Morgan fingerprint density at radius 2 is 2.26 bits per heavy atom. The maximum Gasteiger partial charge on any atom is 0.165 e. The summed E-state index contributed by atoms with van der Waals surface area (Å²) in [5.41, 5.74) is 1.71. The minimum atomic E-state index is -0.362. The van der Waals surface area contributed by atoms with Gasteiger partial charge in [0.25, 0.3) is 0 Å². The monoisotopic (exact) mass is 264 g/mol. The summed E-state index contributed by atoms with van der Waals surface area (Å²) in [6.45, 7) is 0. The quantitative estimate of drug-likeness (QED) is 0.888. The molecule has 1 heterocycles. The molecule has 1 unspecified atom stereocenters. The number of nitrogens with zero attached hydrogens (tertiary/aromatic N) is 3. The molecule has 0 aliphatic rings. The van der Waals surface area contributed by atoms with Gasteiger partial charge in [0, 0.05) is 25.7 Å². The van der Waals surface area contributed by atoms with Crippen molar-refractivity contribution in [1.29, 1.82) is 0 Å². The predicted molar refractivity (Wildman–Crippen MR) is 69.5 cm³/mol. The number of hydrogen-bond donors (Lipinski definition) is 1. The molecular formula is C13H17FN4O. The van der Waals surface area contributed by atoms with Crippen molar-refractivity contribution in [3.05, 3.63) is 41.5 Å². The Kier molecular flexibility index (Phi) is 4.11. The Bertz CT molecular complexity index is 555. The Morgan fingerprint density at radius 1 is 1.47 bits per heavy atom. The van der Waals surface area contributed by atoms with E-state index in [1.54, 1.807) is 10.7 Å². The van der Waals surface area contributed by atoms with Gasteiger partial charge in [-0.2, -0.15) is 0 Å². The summed E-state index contributed by atoms with van der Waals surface area (Å²) in [4.78, 5) is 0. The first-order chi connectivity index (χ1) is 9.13. The number of likely N-dealkylation sites (N-methyl/N-ethyl adjacent to an activating group) is 1. The number of aromatic nitrogens is 3. The van der Waals surface area contributed by atoms with Crippen molar-refractivity contribution >= 4 is 0 Å². The lowest BCUT2D eigenvalue weighted by molar-refractivity contribution is 0.385. The maximum atomic E-state index is 13.7. The van der Waals surface area contributed by atoms with Crippen LogP contribution in [-0.4, -0.2) is 29.2 Å². The highest BCUT2D eigenvalue weighted by Crippen LogP contribution is 2.23. The lowest BCUT2D eigenvalue weighted by Crippen LogP contribution is -2.19. The molecule has 1 aromatic carbocycles. The molecule has 2 aromatic rings. The van der Waals surface area contributed by atoms with Gasteiger partial charge in [0.05, 0.1) is 12.8 Å². The first-order valence-electron chi connectivity index (χ1n) is 6.00. The molecule has 102 valence electrons. The normalized spacial score (nSPS) is 12.4. The van der Waals surface area contributed by atoms with Crippen molar-refractivity contribution in [2.45, 2.75) is 12.5 Å². The van der Waals surface area contributed by atoms with E-state index in [9.17, 15) is 4.39 Å². The Labute approximate surface area is 111 Å². The molecule has 0 fully saturated rings. The molecule has 0 aliphatic heterocycles. The summed E-state index contributed by atoms with van der Waals surface area (Å²) in [6.07, 6.45) is 2.50. The summed E-state index contributed by atoms with van der Waals surface area (Å²) in [5, 5.41) is 11.1. The SMILES string of the molecule is CNC(Cc1cn(C)nn1)c1ccc(OC)c(F)c1. The van der Waals surface area contributed by atoms with Gasteiger partial charge < -0.3 is 10.1 Å². The second kappa shape index (κ2) is 5.79. The van der Waals surface area contributed by atoms with Crippen LogP contribution in [0.1, 0.15) is 17.3 Å². The predicted octanol–water partition coefficient (Wildman–Crippen LogP) is 1.47. The first kappa shape index (κ1) is 13.5. The largest absolute Gasteiger partial charge is 0.494 e. The first-order valence-corrected chi connectivity index (χ1v) is 6.00. The van der Waals surface area contributed by atoms with Crippen LogP contribution < -0.4 is 10.1 Å². The van der Waals surface area contributed by atoms with Crippen molar-refractivity contribution in [3.63, 3.8) is 0 Å². The van der Waals surface area contributed by atoms with E-state index < -0.39 is 0 Å². The van der Waals surface area contributed by atoms with Crippen LogP contribution >= 0.6 is 0 Å². The molecule has 1 atom stereocenters. The average molecular weight is 264 g/mol. The fourth-order valence-electron chi connectivity index (χ4n) is 1.98. The molecular weight excluding hydrogens is 247 g/mol. The number of rotatable bonds is 5. The molecule has 19 heavy (non-hydrogen) atoms. The van der Waals surface area contributed by atoms with Crippen LogP contribution in [0.25, 0.3) is 0 Å². The lowest BCUT2D eigenvalue weighted by atomic mass is 10.0. The molecule has 0 bridgehead atoms. The smallest absolute Gasteiger partial charge is 0.165 e. The number of methoxy groups -OCH3 is 1. The Balaban J connectivity index is 2.19. The second-order valence-electron chi connectivity index (χ2n) is 4.32. The molecule has 1 N–H and O–H groups in total. The zero-order valence-corrected chi connectivity index (χ0v) is 11.2. The zero-order chi connectivity index (χ0) is 13.8. The number of halogens is 1. The van der Waals surface area contributed by atoms with Crippen molar-refractivity contribution in [2.24, 2.45) is 7.05 Å². The van der Waals surface area contributed by atoms with Gasteiger partial charge in [-0.3, -0.25) is 4.68 Å². The molecule has 0 saturated heterocycles. The highest BCUT2D eigenvalue weighted by molar-refractivity contribution is 5.31. The molecule has 0 saturated carbocycles. The van der Waals surface area contributed by atoms with E-state index >= 15 is 0 Å². The van der Waals surface area contributed by atoms with E-state index in [1.165, 1.54) is 13.2 Å². The van der Waals surface area contributed by atoms with Gasteiger partial charge >= 0.3 is 0 Å². The van der Waals surface area contributed by atoms with Gasteiger partial charge in [-0.25, -0.2) is 4.39 Å². The van der Waals surface area contributed by atoms with Crippen LogP contribution in [-0.2, 0) is 13.5 Å². The molecule has 6 heteroatoms. The molecule has 0 amide bonds. The van der Waals surface area contributed by atoms with Gasteiger partial charge in [0.15, 0.2) is 11.6 Å². The van der Waals surface area contributed by atoms with Gasteiger partial charge in [0.2, 0.25) is 0 Å². The van der Waals surface area contributed by atoms with Crippen LogP contribution in [0, 0.1) is 5.82 Å². The van der Waals surface area contributed by atoms with E-state index in [4.69, 9.17) is 4.74 Å². The summed E-state index contributed by atoms with van der Waals surface area (Å²) >= 11 is 0. The van der Waals surface area contributed by atoms with Crippen LogP contribution in [0.5, 0.6) is 5.75 Å². The molecule has 0 radical (unpaired) electrons. The van der Waals surface area contributed by atoms with Crippen LogP contribution in [0.2, 0.25) is 0 Å². The third-order valence-corrected chi connectivity index (χ3v) is 2.99. The standard InChI is InChI=1S/C13H17FN4O/c1-15-12(7-10-8-18(2)17-16-10)9-4-5-13(19-3)11(14)6-9/h4-6,8,12,15H,7H2,1-3H3. The summed E-state index contributed by atoms with van der Waals surface area (Å²) in [5.74, 6) is -0.113. The molecule has 0 aliphatic carbocycles. The summed E-state index contributed by atoms with van der Waals surface area (Å²) in [7, 11) is 5.11. The van der Waals surface area contributed by atoms with Gasteiger partial charge in [0.1, 0.15) is 0 Å². The van der Waals surface area contributed by atoms with E-state index in [1.807, 2.05) is 26.4 Å². The minimum Gasteiger partial charge on any atom is -0.494 e. The van der Waals surface area contributed by atoms with Crippen molar-refractivity contribution in [3.8, 4) is 5.75 Å². The molecule has 0 spiro atoms. The van der Waals surface area contributed by atoms with Crippen LogP contribution in [0.15, 0.2) is 24.4 Å². The fraction of sp³-hybridized carbons (Fsp3) is 0.385. The zero-order valence-electron chi connectivity index (χ0n) is 11.2. The molecule has 1 aromatic heterocycles. The van der Waals surface area contributed by atoms with Crippen molar-refractivity contribution < 1.29 is 9.13 Å². The van der Waals surface area contributed by atoms with Gasteiger partial charge in [-0.1, -0.05) is 11.3 Å². The lowest BCUT2D eigenvalue weighted by Gasteiger charge is -2.16. The van der Waals surface area contributed by atoms with Crippen LogP contribution in [0.4, 0.5) is 4.39 Å². The highest BCUT2D eigenvalue weighted by Gasteiger charge is 2.14. The summed E-state index contributed by atoms with van der Waals surface area (Å²) < 4.78 is 20.3. The number of aryl methyl sites for hydroxylation is 1. The Hall–Kier alpha value is -1.95.